The summed E-state index contributed by atoms with van der Waals surface area (Å²) in [6, 6.07) is 14.3. The summed E-state index contributed by atoms with van der Waals surface area (Å²) in [5, 5.41) is 9.05. The molecular weight excluding hydrogens is 607 g/mol. The summed E-state index contributed by atoms with van der Waals surface area (Å²) in [6.45, 7) is -0.542. The highest BCUT2D eigenvalue weighted by Gasteiger charge is 2.51. The minimum Gasteiger partial charge on any atom is -0.478 e. The number of alkyl halides is 2. The van der Waals surface area contributed by atoms with Crippen LogP contribution in [0.2, 0.25) is 5.02 Å². The minimum absolute atomic E-state index is 0.00441. The molecule has 0 spiro atoms. The van der Waals surface area contributed by atoms with Crippen molar-refractivity contribution in [3.8, 4) is 0 Å². The van der Waals surface area contributed by atoms with Crippen LogP contribution in [0.3, 0.4) is 0 Å². The van der Waals surface area contributed by atoms with Crippen LogP contribution in [0.4, 0.5) is 8.78 Å². The predicted octanol–water partition coefficient (Wildman–Crippen LogP) is 5.42. The normalized spacial score (nSPS) is 12.6. The van der Waals surface area contributed by atoms with Crippen molar-refractivity contribution in [1.82, 2.24) is 4.31 Å². The molecule has 0 aromatic heterocycles. The minimum atomic E-state index is -5.82. The third-order valence-corrected chi connectivity index (χ3v) is 9.02. The number of benzene rings is 3. The van der Waals surface area contributed by atoms with E-state index in [1.165, 1.54) is 42.5 Å². The second-order valence-electron chi connectivity index (χ2n) is 7.61. The van der Waals surface area contributed by atoms with Crippen LogP contribution in [0.1, 0.15) is 27.0 Å². The van der Waals surface area contributed by atoms with Crippen LogP contribution < -0.4 is 0 Å². The van der Waals surface area contributed by atoms with Gasteiger partial charge in [-0.3, -0.25) is 4.57 Å². The van der Waals surface area contributed by atoms with Crippen molar-refractivity contribution in [2.24, 2.45) is 0 Å². The van der Waals surface area contributed by atoms with Crippen molar-refractivity contribution in [3.63, 3.8) is 0 Å². The summed E-state index contributed by atoms with van der Waals surface area (Å²) in [6.07, 6.45) is 0. The Bertz CT molecular complexity index is 1450. The van der Waals surface area contributed by atoms with E-state index in [0.29, 0.717) is 5.56 Å². The number of rotatable bonds is 9. The standard InChI is InChI=1S/C22H18BrClF2NO7PS/c23-18-11-15(7-10-17(18)22(25,26)35(30,31)32)13-27(12-14-5-8-16(9-6-14)21(28)29)36(33,34)20-4-2-1-3-19(20)24/h1-11H,12-13H2,(H,28,29)(H2,30,31,32). The molecule has 0 aliphatic rings. The number of aromatic carboxylic acids is 1. The number of carboxylic acids is 1. The van der Waals surface area contributed by atoms with E-state index in [0.717, 1.165) is 22.5 Å². The first-order valence-electron chi connectivity index (χ1n) is 9.94. The van der Waals surface area contributed by atoms with E-state index in [-0.39, 0.29) is 38.6 Å². The van der Waals surface area contributed by atoms with Gasteiger partial charge < -0.3 is 14.9 Å². The number of hydrogen-bond donors (Lipinski definition) is 3. The van der Waals surface area contributed by atoms with Gasteiger partial charge in [0.05, 0.1) is 10.6 Å². The maximum atomic E-state index is 14.2. The van der Waals surface area contributed by atoms with Gasteiger partial charge in [0.15, 0.2) is 0 Å². The van der Waals surface area contributed by atoms with Crippen molar-refractivity contribution >= 4 is 51.1 Å². The molecule has 3 aromatic carbocycles. The number of carboxylic acid groups (broad SMARTS) is 1. The Morgan fingerprint density at radius 2 is 1.56 bits per heavy atom. The van der Waals surface area contributed by atoms with E-state index in [2.05, 4.69) is 15.9 Å². The fourth-order valence-corrected chi connectivity index (χ4v) is 6.48. The Labute approximate surface area is 218 Å². The van der Waals surface area contributed by atoms with E-state index in [4.69, 9.17) is 26.5 Å². The average molecular weight is 625 g/mol. The second kappa shape index (κ2) is 10.7. The smallest absolute Gasteiger partial charge is 0.399 e. The zero-order chi connectivity index (χ0) is 26.9. The molecule has 0 fully saturated rings. The predicted molar refractivity (Wildman–Crippen MR) is 131 cm³/mol. The van der Waals surface area contributed by atoms with E-state index in [1.807, 2.05) is 0 Å². The first kappa shape index (κ1) is 28.4. The number of nitrogens with zero attached hydrogens (tertiary/aromatic N) is 1. The molecule has 3 rings (SSSR count). The number of hydrogen-bond acceptors (Lipinski definition) is 4. The number of carbonyl (C=O) groups is 1. The van der Waals surface area contributed by atoms with Crippen LogP contribution in [-0.2, 0) is 33.3 Å². The highest BCUT2D eigenvalue weighted by Crippen LogP contribution is 2.60. The Hall–Kier alpha value is -2.18. The molecule has 0 amide bonds. The van der Waals surface area contributed by atoms with Crippen molar-refractivity contribution < 1.29 is 41.5 Å². The fraction of sp³-hybridized carbons (Fsp3) is 0.136. The fourth-order valence-electron chi connectivity index (χ4n) is 3.24. The van der Waals surface area contributed by atoms with Gasteiger partial charge in [-0.15, -0.1) is 0 Å². The maximum absolute atomic E-state index is 14.2. The highest BCUT2D eigenvalue weighted by molar-refractivity contribution is 9.10. The molecule has 8 nitrogen and oxygen atoms in total. The maximum Gasteiger partial charge on any atom is 0.399 e. The topological polar surface area (TPSA) is 132 Å². The van der Waals surface area contributed by atoms with Gasteiger partial charge in [0.1, 0.15) is 4.90 Å². The monoisotopic (exact) mass is 623 g/mol. The van der Waals surface area contributed by atoms with Gasteiger partial charge in [0, 0.05) is 23.1 Å². The SMILES string of the molecule is O=C(O)c1ccc(CN(Cc2ccc(C(F)(F)P(=O)(O)O)c(Br)c2)S(=O)(=O)c2ccccc2Cl)cc1. The van der Waals surface area contributed by atoms with E-state index in [9.17, 15) is 26.6 Å². The van der Waals surface area contributed by atoms with Crippen LogP contribution in [0.15, 0.2) is 76.1 Å². The van der Waals surface area contributed by atoms with Gasteiger partial charge in [-0.25, -0.2) is 13.2 Å². The summed E-state index contributed by atoms with van der Waals surface area (Å²) >= 11 is 9.01. The molecule has 3 N–H and O–H groups in total. The molecule has 0 bridgehead atoms. The molecule has 0 radical (unpaired) electrons. The van der Waals surface area contributed by atoms with Crippen LogP contribution in [-0.4, -0.2) is 33.6 Å². The first-order valence-corrected chi connectivity index (χ1v) is 14.2. The molecule has 0 atom stereocenters. The third kappa shape index (κ3) is 6.03. The lowest BCUT2D eigenvalue weighted by atomic mass is 10.1. The molecule has 0 heterocycles. The zero-order valence-corrected chi connectivity index (χ0v) is 22.1. The van der Waals surface area contributed by atoms with Crippen LogP contribution >= 0.6 is 35.1 Å². The molecular formula is C22H18BrClF2NO7PS. The van der Waals surface area contributed by atoms with Crippen LogP contribution in [0.25, 0.3) is 0 Å². The molecule has 192 valence electrons. The Kier molecular flexibility index (Phi) is 8.41. The van der Waals surface area contributed by atoms with Crippen LogP contribution in [0.5, 0.6) is 0 Å². The quantitative estimate of drug-likeness (QED) is 0.271. The van der Waals surface area contributed by atoms with Gasteiger partial charge in [0.2, 0.25) is 10.0 Å². The third-order valence-electron chi connectivity index (χ3n) is 5.10. The second-order valence-corrected chi connectivity index (χ2v) is 12.4. The van der Waals surface area contributed by atoms with Crippen LogP contribution in [0, 0.1) is 0 Å². The van der Waals surface area contributed by atoms with Gasteiger partial charge in [-0.1, -0.05) is 63.9 Å². The van der Waals surface area contributed by atoms with Crippen molar-refractivity contribution in [2.45, 2.75) is 23.6 Å². The summed E-state index contributed by atoms with van der Waals surface area (Å²) in [4.78, 5) is 29.0. The Balaban J connectivity index is 2.03. The molecule has 36 heavy (non-hydrogen) atoms. The highest BCUT2D eigenvalue weighted by atomic mass is 79.9. The van der Waals surface area contributed by atoms with Gasteiger partial charge >= 0.3 is 19.2 Å². The summed E-state index contributed by atoms with van der Waals surface area (Å²) in [5.41, 5.74) is -4.74. The molecule has 0 saturated heterocycles. The Morgan fingerprint density at radius 3 is 2.08 bits per heavy atom. The molecule has 14 heteroatoms. The van der Waals surface area contributed by atoms with Crippen molar-refractivity contribution in [1.29, 1.82) is 0 Å². The molecule has 0 saturated carbocycles. The number of sulfonamides is 1. The lowest BCUT2D eigenvalue weighted by Crippen LogP contribution is -2.30. The Morgan fingerprint density at radius 1 is 1.00 bits per heavy atom. The average Bonchev–Trinajstić information content (AvgIpc) is 2.78. The summed E-state index contributed by atoms with van der Waals surface area (Å²) < 4.78 is 67.3. The van der Waals surface area contributed by atoms with Crippen molar-refractivity contribution in [2.75, 3.05) is 0 Å². The van der Waals surface area contributed by atoms with Gasteiger partial charge in [-0.2, -0.15) is 13.1 Å². The molecule has 0 aliphatic carbocycles. The van der Waals surface area contributed by atoms with Gasteiger partial charge in [-0.05, 0) is 41.5 Å². The van der Waals surface area contributed by atoms with E-state index in [1.54, 1.807) is 6.07 Å². The molecule has 0 aliphatic heterocycles. The largest absolute Gasteiger partial charge is 0.478 e. The lowest BCUT2D eigenvalue weighted by molar-refractivity contribution is 0.0557. The first-order chi connectivity index (χ1) is 16.6. The summed E-state index contributed by atoms with van der Waals surface area (Å²) in [5.74, 6) is -1.15. The lowest BCUT2D eigenvalue weighted by Gasteiger charge is -2.24. The van der Waals surface area contributed by atoms with E-state index < -0.39 is 34.8 Å². The van der Waals surface area contributed by atoms with Gasteiger partial charge in [0.25, 0.3) is 0 Å². The summed E-state index contributed by atoms with van der Waals surface area (Å²) in [7, 11) is -10.0. The molecule has 0 unspecified atom stereocenters. The van der Waals surface area contributed by atoms with E-state index >= 15 is 0 Å². The van der Waals surface area contributed by atoms with Crippen molar-refractivity contribution in [3.05, 3.63) is 98.5 Å². The molecule has 3 aromatic rings. The number of halogens is 4. The zero-order valence-electron chi connectivity index (χ0n) is 18.1.